The standard InChI is InChI=1S/C53H54N8O6/c1-6-35-22-39-40(28-63)50-37-15-13-34(24-54)21-43(37)58-52(50)53(4,5)41(39)23-46(35)59-25-32(2)60(33(3)26-59)20-17-49(67)56-19-9-7-8-18-55-42-12-10-11-38-47(30-65)61(48(31-66)51(38)42)45-16-14-36(27-62)57-44(45)29-64/h10-13,15,21-23,32-33,45,55,57-58H,6-9,14,16-20,25-26H2,1-5H3,(H,56,67). The number of nitrogens with one attached hydrogen (secondary N) is 4. The van der Waals surface area contributed by atoms with Crippen molar-refractivity contribution in [3.63, 3.8) is 0 Å². The number of amides is 1. The van der Waals surface area contributed by atoms with E-state index in [-0.39, 0.29) is 52.9 Å². The van der Waals surface area contributed by atoms with Gasteiger partial charge in [0.15, 0.2) is 11.9 Å². The van der Waals surface area contributed by atoms with Crippen molar-refractivity contribution in [1.29, 1.82) is 5.26 Å². The highest BCUT2D eigenvalue weighted by Gasteiger charge is 2.40. The van der Waals surface area contributed by atoms with E-state index in [0.29, 0.717) is 53.7 Å². The normalized spacial score (nSPS) is 18.7. The molecule has 0 radical (unpaired) electrons. The number of nitriles is 1. The van der Waals surface area contributed by atoms with Gasteiger partial charge < -0.3 is 30.4 Å². The number of unbranched alkanes of at least 4 members (excludes halogenated alkanes) is 2. The molecule has 342 valence electrons. The molecular weight excluding hydrogens is 845 g/mol. The first-order valence-corrected chi connectivity index (χ1v) is 23.1. The molecule has 4 heterocycles. The van der Waals surface area contributed by atoms with Crippen LogP contribution in [0.5, 0.6) is 0 Å². The number of carbonyl (C=O) groups excluding carboxylic acids is 6. The molecule has 67 heavy (non-hydrogen) atoms. The van der Waals surface area contributed by atoms with E-state index in [4.69, 9.17) is 0 Å². The zero-order valence-corrected chi connectivity index (χ0v) is 38.6. The minimum absolute atomic E-state index is 0.0140. The molecule has 3 aliphatic rings. The number of piperazine rings is 1. The van der Waals surface area contributed by atoms with Crippen LogP contribution in [0.4, 0.5) is 11.4 Å². The average molecular weight is 899 g/mol. The Bertz CT molecular complexity index is 3190. The molecule has 3 aromatic carbocycles. The fourth-order valence-electron chi connectivity index (χ4n) is 10.7. The van der Waals surface area contributed by atoms with E-state index >= 15 is 0 Å². The maximum atomic E-state index is 13.1. The van der Waals surface area contributed by atoms with Gasteiger partial charge in [-0.2, -0.15) is 5.26 Å². The molecule has 4 N–H and O–H groups in total. The molecule has 1 amide bonds. The molecule has 2 aromatic heterocycles. The molecule has 0 saturated carbocycles. The first kappa shape index (κ1) is 46.1. The summed E-state index contributed by atoms with van der Waals surface area (Å²) in [6, 6.07) is 17.2. The lowest BCUT2D eigenvalue weighted by Gasteiger charge is -2.46. The third-order valence-electron chi connectivity index (χ3n) is 14.0. The van der Waals surface area contributed by atoms with Crippen molar-refractivity contribution in [3.8, 4) is 6.07 Å². The number of anilines is 2. The van der Waals surface area contributed by atoms with E-state index in [1.54, 1.807) is 24.1 Å². The van der Waals surface area contributed by atoms with Crippen LogP contribution < -0.4 is 31.5 Å². The van der Waals surface area contributed by atoms with E-state index < -0.39 is 11.5 Å². The summed E-state index contributed by atoms with van der Waals surface area (Å²) in [6.07, 6.45) is 4.15. The predicted octanol–water partition coefficient (Wildman–Crippen LogP) is 4.51. The second kappa shape index (κ2) is 19.2. The molecule has 3 unspecified atom stereocenters. The summed E-state index contributed by atoms with van der Waals surface area (Å²) in [4.78, 5) is 82.0. The summed E-state index contributed by atoms with van der Waals surface area (Å²) in [5.41, 5.74) is 8.45. The zero-order valence-electron chi connectivity index (χ0n) is 38.6. The summed E-state index contributed by atoms with van der Waals surface area (Å²) in [7, 11) is 0. The number of nitrogens with zero attached hydrogens (tertiary/aromatic N) is 4. The summed E-state index contributed by atoms with van der Waals surface area (Å²) < 4.78 is 1.45. The lowest BCUT2D eigenvalue weighted by molar-refractivity contribution is -0.121. The molecular formula is C53H54N8O6. The second-order valence-corrected chi connectivity index (χ2v) is 18.4. The molecule has 14 nitrogen and oxygen atoms in total. The number of fused-ring (bicyclic) bond motifs is 5. The lowest BCUT2D eigenvalue weighted by Crippen LogP contribution is -2.57. The van der Waals surface area contributed by atoms with E-state index in [1.807, 2.05) is 36.0 Å². The number of benzene rings is 3. The summed E-state index contributed by atoms with van der Waals surface area (Å²) in [6.45, 7) is 14.3. The van der Waals surface area contributed by atoms with Crippen LogP contribution in [0.1, 0.15) is 113 Å². The van der Waals surface area contributed by atoms with Gasteiger partial charge in [-0.15, -0.1) is 0 Å². The van der Waals surface area contributed by atoms with Gasteiger partial charge in [0.2, 0.25) is 5.91 Å². The maximum absolute atomic E-state index is 13.1. The third-order valence-corrected chi connectivity index (χ3v) is 14.0. The number of aromatic nitrogens is 2. The van der Waals surface area contributed by atoms with Gasteiger partial charge in [-0.3, -0.25) is 9.69 Å². The second-order valence-electron chi connectivity index (χ2n) is 18.4. The summed E-state index contributed by atoms with van der Waals surface area (Å²) >= 11 is 0. The molecule has 2 saturated heterocycles. The van der Waals surface area contributed by atoms with E-state index in [2.05, 4.69) is 89.5 Å². The fourth-order valence-corrected chi connectivity index (χ4v) is 10.7. The number of aromatic amines is 1. The van der Waals surface area contributed by atoms with Gasteiger partial charge in [0.05, 0.1) is 23.2 Å². The smallest absolute Gasteiger partial charge is 0.221 e. The van der Waals surface area contributed by atoms with Gasteiger partial charge >= 0.3 is 0 Å². The van der Waals surface area contributed by atoms with Crippen LogP contribution in [-0.4, -0.2) is 94.9 Å². The largest absolute Gasteiger partial charge is 0.384 e. The summed E-state index contributed by atoms with van der Waals surface area (Å²) in [5.74, 6) is 9.82. The summed E-state index contributed by atoms with van der Waals surface area (Å²) in [5, 5.41) is 20.9. The first-order valence-electron chi connectivity index (χ1n) is 23.1. The Labute approximate surface area is 388 Å². The van der Waals surface area contributed by atoms with Crippen LogP contribution in [0.15, 0.2) is 59.9 Å². The van der Waals surface area contributed by atoms with Crippen LogP contribution in [-0.2, 0) is 40.6 Å². The van der Waals surface area contributed by atoms with Gasteiger partial charge in [-0.05, 0) is 93.0 Å². The molecule has 14 heteroatoms. The molecule has 2 aliphatic heterocycles. The minimum atomic E-state index is -0.735. The van der Waals surface area contributed by atoms with Gasteiger partial charge in [-0.25, -0.2) is 24.0 Å². The Morgan fingerprint density at radius 3 is 2.33 bits per heavy atom. The Kier molecular flexibility index (Phi) is 13.2. The van der Waals surface area contributed by atoms with Crippen molar-refractivity contribution in [2.75, 3.05) is 42.9 Å². The van der Waals surface area contributed by atoms with Crippen LogP contribution in [0.3, 0.4) is 0 Å². The number of piperidine rings is 1. The Balaban J connectivity index is 0.842. The SMILES string of the molecule is CCc1cc2c(cc1N1CC(C)N(CCC(=O)NCCCCCNc3cccc4c(=C=O)n(C5CCC(=C=O)NC5=C=O)c(=C=O)c34)C(C)C1)C(C)(C)c1[nH]c3cc(C#N)ccc3c1C2=C=O. The van der Waals surface area contributed by atoms with Crippen molar-refractivity contribution in [2.24, 2.45) is 0 Å². The highest BCUT2D eigenvalue weighted by molar-refractivity contribution is 6.10. The molecule has 2 fully saturated rings. The number of H-pyrrole nitrogens is 1. The molecule has 1 aliphatic carbocycles. The van der Waals surface area contributed by atoms with Crippen molar-refractivity contribution in [2.45, 2.75) is 103 Å². The number of aryl methyl sites for hydroxylation is 1. The van der Waals surface area contributed by atoms with Crippen LogP contribution in [0.25, 0.3) is 27.2 Å². The molecule has 3 atom stereocenters. The zero-order chi connectivity index (χ0) is 47.6. The number of hydrogen-bond acceptors (Lipinski definition) is 11. The monoisotopic (exact) mass is 898 g/mol. The van der Waals surface area contributed by atoms with Crippen LogP contribution in [0.2, 0.25) is 0 Å². The number of rotatable bonds is 13. The quantitative estimate of drug-likeness (QED) is 0.0962. The van der Waals surface area contributed by atoms with Crippen LogP contribution >= 0.6 is 0 Å². The predicted molar refractivity (Wildman–Crippen MR) is 258 cm³/mol. The number of carbonyl (C=O) groups is 1. The molecule has 8 rings (SSSR count). The fraction of sp³-hybridized carbons (Fsp3) is 0.396. The molecule has 0 bridgehead atoms. The molecule has 0 spiro atoms. The topological polar surface area (TPSA) is 189 Å². The van der Waals surface area contributed by atoms with E-state index in [9.17, 15) is 34.0 Å². The van der Waals surface area contributed by atoms with Crippen molar-refractivity contribution in [3.05, 3.63) is 104 Å². The Morgan fingerprint density at radius 2 is 1.64 bits per heavy atom. The highest BCUT2D eigenvalue weighted by atomic mass is 16.1. The molecule has 5 aromatic rings. The van der Waals surface area contributed by atoms with Crippen molar-refractivity contribution in [1.82, 2.24) is 25.1 Å². The first-order chi connectivity index (χ1) is 32.4. The van der Waals surface area contributed by atoms with Gasteiger partial charge in [0, 0.05) is 107 Å². The number of hydrogen-bond donors (Lipinski definition) is 4. The van der Waals surface area contributed by atoms with Gasteiger partial charge in [0.25, 0.3) is 0 Å². The average Bonchev–Trinajstić information content (AvgIpc) is 3.89. The van der Waals surface area contributed by atoms with Gasteiger partial charge in [-0.1, -0.05) is 39.0 Å². The van der Waals surface area contributed by atoms with Crippen LogP contribution in [0, 0.1) is 11.3 Å². The Hall–Kier alpha value is -7.43. The van der Waals surface area contributed by atoms with Crippen molar-refractivity contribution >= 4 is 74.2 Å². The maximum Gasteiger partial charge on any atom is 0.221 e. The third kappa shape index (κ3) is 8.38. The number of allylic oxidation sites excluding steroid dienone is 2. The van der Waals surface area contributed by atoms with Crippen molar-refractivity contribution < 1.29 is 28.8 Å². The van der Waals surface area contributed by atoms with E-state index in [1.165, 1.54) is 10.1 Å². The highest BCUT2D eigenvalue weighted by Crippen LogP contribution is 2.50. The minimum Gasteiger partial charge on any atom is -0.384 e. The Morgan fingerprint density at radius 1 is 0.881 bits per heavy atom. The van der Waals surface area contributed by atoms with Gasteiger partial charge in [0.1, 0.15) is 39.9 Å². The van der Waals surface area contributed by atoms with E-state index in [0.717, 1.165) is 77.7 Å². The lowest BCUT2D eigenvalue weighted by atomic mass is 9.69.